The first-order valence-corrected chi connectivity index (χ1v) is 27.1. The van der Waals surface area contributed by atoms with Crippen LogP contribution in [0, 0.1) is 50.7 Å². The van der Waals surface area contributed by atoms with E-state index in [4.69, 9.17) is 59.5 Å². The van der Waals surface area contributed by atoms with Crippen LogP contribution in [0.1, 0.15) is 139 Å². The van der Waals surface area contributed by atoms with E-state index >= 15 is 0 Å². The summed E-state index contributed by atoms with van der Waals surface area (Å²) in [6.07, 6.45) is 0.938. The number of primary amides is 5. The molecule has 2 aromatic rings. The Hall–Kier alpha value is -6.94. The fourth-order valence-electron chi connectivity index (χ4n) is 14.0. The van der Waals surface area contributed by atoms with Gasteiger partial charge in [0.05, 0.1) is 24.0 Å². The smallest absolute Gasteiger partial charge is 0.862 e. The molecule has 27 heteroatoms. The molecule has 0 saturated carbocycles. The fraction of sp³-hybridized carbons (Fsp3) is 0.618. The molecule has 6 aliphatic rings. The van der Waals surface area contributed by atoms with Gasteiger partial charge in [0.2, 0.25) is 29.5 Å². The van der Waals surface area contributed by atoms with Crippen molar-refractivity contribution >= 4 is 75.5 Å². The fourth-order valence-corrected chi connectivity index (χ4v) is 14.0. The number of allylic oxidation sites excluding steroid dienone is 6. The number of nitrogens with one attached hydrogen (secondary N) is 2. The van der Waals surface area contributed by atoms with Crippen LogP contribution in [0.4, 0.5) is 5.82 Å². The first kappa shape index (κ1) is 64.2. The number of hydrogen-bond donors (Lipinski definition) is 11. The zero-order chi connectivity index (χ0) is 60.2. The number of nitrogens with zero attached hydrogens (tertiary/aromatic N) is 7. The number of nitrogen functional groups attached to an aromatic ring is 1. The van der Waals surface area contributed by atoms with Crippen molar-refractivity contribution in [3.05, 3.63) is 47.0 Å². The normalized spacial score (nSPS) is 32.5. The van der Waals surface area contributed by atoms with Crippen LogP contribution in [-0.2, 0) is 50.3 Å². The molecule has 26 nitrogen and oxygen atoms in total. The van der Waals surface area contributed by atoms with Crippen LogP contribution in [0.2, 0.25) is 0 Å². The molecule has 2 saturated heterocycles. The van der Waals surface area contributed by atoms with Gasteiger partial charge in [-0.15, -0.1) is 0 Å². The largest absolute Gasteiger partial charge is 2.00 e. The maximum Gasteiger partial charge on any atom is 2.00 e. The second-order valence-corrected chi connectivity index (χ2v) is 24.2. The Kier molecular flexibility index (Phi) is 18.6. The minimum absolute atomic E-state index is 0. The zero-order valence-corrected chi connectivity index (χ0v) is 48.8. The van der Waals surface area contributed by atoms with E-state index in [1.807, 2.05) is 61.5 Å². The van der Waals surface area contributed by atoms with Gasteiger partial charge in [-0.2, -0.15) is 0 Å². The van der Waals surface area contributed by atoms with E-state index in [9.17, 15) is 49.2 Å². The van der Waals surface area contributed by atoms with Crippen molar-refractivity contribution in [2.24, 2.45) is 89.0 Å². The van der Waals surface area contributed by atoms with Crippen molar-refractivity contribution in [1.82, 2.24) is 24.8 Å². The monoisotopic (exact) mass is 1180 g/mol. The maximum atomic E-state index is 13.4. The number of hydrogen-bond acceptors (Lipinski definition) is 19. The number of aliphatic imine (C=N–C) groups is 3. The van der Waals surface area contributed by atoms with Crippen LogP contribution in [-0.4, -0.2) is 123 Å². The second-order valence-electron chi connectivity index (χ2n) is 24.2. The molecule has 0 aromatic carbocycles. The van der Waals surface area contributed by atoms with Gasteiger partial charge in [0.1, 0.15) is 24.1 Å². The number of aromatic nitrogens is 4. The quantitative estimate of drug-likeness (QED) is 0.0696. The second kappa shape index (κ2) is 23.7. The van der Waals surface area contributed by atoms with E-state index in [-0.39, 0.29) is 93.2 Å². The number of aliphatic hydroxyl groups is 2. The van der Waals surface area contributed by atoms with Gasteiger partial charge in [0, 0.05) is 118 Å². The van der Waals surface area contributed by atoms with Crippen molar-refractivity contribution in [2.45, 2.75) is 169 Å². The van der Waals surface area contributed by atoms with Gasteiger partial charge >= 0.3 is 22.7 Å². The predicted octanol–water partition coefficient (Wildman–Crippen LogP) is 1.22. The SMILES string of the molecule is CC1=C2N=C(C=C3NC(=C(C)C4=N[C@@](C)([C@@H]5N=C1[C@](C)(CCC(=O)O)[C@H]5CC(N)=O)[C@@](C)(CC(N)=O)[C@@H]4CCC(N)=O)[C@@](C)(CC(N)=O)[C@@H]3CCC(=N)[O-])C(C)(C)[C@@H]2CCC(N)=O.C[C@H]1O[C@@H](n2cnc3c(N)ncnc32)[C@H](O)[C@@H]1O.[Co+2]. The van der Waals surface area contributed by atoms with Crippen molar-refractivity contribution in [3.8, 4) is 0 Å². The molecule has 5 amide bonds. The number of aliphatic carboxylic acids is 1. The number of nitrogens with two attached hydrogens (primary N) is 6. The number of rotatable bonds is 19. The molecule has 0 spiro atoms. The average molecular weight is 1180 g/mol. The molecule has 6 aliphatic heterocycles. The maximum absolute atomic E-state index is 13.4. The Labute approximate surface area is 485 Å². The van der Waals surface area contributed by atoms with Gasteiger partial charge in [-0.05, 0) is 82.9 Å². The number of carboxylic acids is 1. The van der Waals surface area contributed by atoms with E-state index in [0.29, 0.717) is 56.5 Å². The van der Waals surface area contributed by atoms with Gasteiger partial charge in [-0.25, -0.2) is 15.0 Å². The first-order valence-electron chi connectivity index (χ1n) is 27.1. The van der Waals surface area contributed by atoms with Crippen LogP contribution in [0.5, 0.6) is 0 Å². The molecule has 2 aromatic heterocycles. The van der Waals surface area contributed by atoms with Gasteiger partial charge in [-0.3, -0.25) is 48.3 Å². The summed E-state index contributed by atoms with van der Waals surface area (Å²) in [4.78, 5) is 105. The summed E-state index contributed by atoms with van der Waals surface area (Å²) < 4.78 is 7.05. The molecular formula is C55H78CoN15O11+. The molecule has 2 fully saturated rings. The summed E-state index contributed by atoms with van der Waals surface area (Å²) in [7, 11) is 0. The number of carbonyl (C=O) groups excluding carboxylic acids is 5. The molecule has 8 heterocycles. The van der Waals surface area contributed by atoms with Gasteiger partial charge in [0.15, 0.2) is 17.7 Å². The number of imidazole rings is 1. The summed E-state index contributed by atoms with van der Waals surface area (Å²) in [5.41, 5.74) is 35.1. The van der Waals surface area contributed by atoms with E-state index < -0.39 is 123 Å². The summed E-state index contributed by atoms with van der Waals surface area (Å²) in [5.74, 6) is -7.16. The third-order valence-corrected chi connectivity index (χ3v) is 18.6. The number of carboxylic acid groups (broad SMARTS) is 1. The molecule has 17 N–H and O–H groups in total. The van der Waals surface area contributed by atoms with Crippen LogP contribution in [0.25, 0.3) is 11.2 Å². The molecule has 82 heavy (non-hydrogen) atoms. The molecule has 0 aliphatic carbocycles. The van der Waals surface area contributed by atoms with Gasteiger partial charge in [-0.1, -0.05) is 34.6 Å². The van der Waals surface area contributed by atoms with Gasteiger partial charge in [0.25, 0.3) is 0 Å². The third kappa shape index (κ3) is 11.6. The molecule has 447 valence electrons. The minimum atomic E-state index is -1.40. The number of aliphatic hydroxyl groups excluding tert-OH is 2. The Morgan fingerprint density at radius 3 is 1.95 bits per heavy atom. The Morgan fingerprint density at radius 1 is 0.793 bits per heavy atom. The molecule has 0 unspecified atom stereocenters. The number of amides is 5. The summed E-state index contributed by atoms with van der Waals surface area (Å²) >= 11 is 0. The molecule has 1 radical (unpaired) electrons. The number of carbonyl (C=O) groups is 6. The van der Waals surface area contributed by atoms with E-state index in [0.717, 1.165) is 0 Å². The summed E-state index contributed by atoms with van der Waals surface area (Å²) in [6.45, 7) is 16.8. The predicted molar refractivity (Wildman–Crippen MR) is 297 cm³/mol. The van der Waals surface area contributed by atoms with E-state index in [1.165, 1.54) is 12.7 Å². The molecule has 8 rings (SSSR count). The minimum Gasteiger partial charge on any atom is -0.862 e. The standard InChI is InChI=1S/C45H66N10O8.C10H13N5O3.Co/c1-21-36-24(10-13-30(47)57)41(3,4)28(53-36)18-27-23(9-12-29(46)56)43(6,19-33(50)60)39(52-27)22(2)37-25(11-14-31(48)58)44(7,20-34(51)61)45(8,55-37)40-26(17-32(49)59)42(5,38(21)54-40)16-15-35(62)63;1-4-6(16)7(17)10(18-4)15-3-14-5-8(11)12-2-13-9(5)15;/h18,23-26,40,52H,9-17,19-20H2,1-8H3,(H2,46,56)(H2,47,57)(H2,48,58)(H2,49,59)(H2,50,60)(H2,51,61)(H,62,63);2-4,6-7,10,16-17H,1H3,(H2,11,12,13);/q;;+2/p-1/t23-,24-,25-,26+,40-,42-,43+,44+,45+;4-,6-,7-,10-;/m11./s1. The number of ether oxygens (including phenoxy) is 1. The van der Waals surface area contributed by atoms with Crippen LogP contribution < -0.4 is 44.8 Å². The van der Waals surface area contributed by atoms with Crippen molar-refractivity contribution < 1.29 is 70.7 Å². The van der Waals surface area contributed by atoms with E-state index in [1.54, 1.807) is 11.5 Å². The summed E-state index contributed by atoms with van der Waals surface area (Å²) in [5, 5.41) is 53.6. The first-order chi connectivity index (χ1) is 37.6. The molecule has 8 bridgehead atoms. The number of anilines is 1. The summed E-state index contributed by atoms with van der Waals surface area (Å²) in [6, 6.07) is -0.935. The van der Waals surface area contributed by atoms with Crippen molar-refractivity contribution in [1.29, 1.82) is 5.41 Å². The van der Waals surface area contributed by atoms with Crippen molar-refractivity contribution in [3.63, 3.8) is 0 Å². The molecule has 13 atom stereocenters. The number of fused-ring (bicyclic) bond motifs is 7. The third-order valence-electron chi connectivity index (χ3n) is 18.6. The van der Waals surface area contributed by atoms with Crippen molar-refractivity contribution in [2.75, 3.05) is 5.73 Å². The molecular weight excluding hydrogens is 1110 g/mol. The topological polar surface area (TPSA) is 468 Å². The van der Waals surface area contributed by atoms with Gasteiger partial charge < -0.3 is 70.3 Å². The van der Waals surface area contributed by atoms with Crippen LogP contribution in [0.15, 0.2) is 61.9 Å². The zero-order valence-electron chi connectivity index (χ0n) is 47.7. The van der Waals surface area contributed by atoms with Crippen LogP contribution >= 0.6 is 0 Å². The van der Waals surface area contributed by atoms with E-state index in [2.05, 4.69) is 20.3 Å². The Balaban J connectivity index is 0.000000477. The Bertz CT molecular complexity index is 3150. The average Bonchev–Trinajstić information content (AvgIpc) is 2.58. The Morgan fingerprint density at radius 2 is 1.40 bits per heavy atom. The van der Waals surface area contributed by atoms with Crippen LogP contribution in [0.3, 0.4) is 0 Å².